The summed E-state index contributed by atoms with van der Waals surface area (Å²) in [6, 6.07) is 5.92. The fourth-order valence-electron chi connectivity index (χ4n) is 2.35. The van der Waals surface area contributed by atoms with Crippen molar-refractivity contribution in [2.24, 2.45) is 0 Å². The molecule has 0 aliphatic carbocycles. The van der Waals surface area contributed by atoms with Crippen molar-refractivity contribution in [1.82, 2.24) is 0 Å². The lowest BCUT2D eigenvalue weighted by molar-refractivity contribution is 0.570. The third kappa shape index (κ3) is 7.90. The Morgan fingerprint density at radius 2 is 1.60 bits per heavy atom. The zero-order valence-corrected chi connectivity index (χ0v) is 15.4. The van der Waals surface area contributed by atoms with Crippen molar-refractivity contribution in [2.45, 2.75) is 69.5 Å². The van der Waals surface area contributed by atoms with Gasteiger partial charge in [0.15, 0.2) is 0 Å². The van der Waals surface area contributed by atoms with Gasteiger partial charge in [-0.15, -0.1) is 0 Å². The third-order valence-electron chi connectivity index (χ3n) is 3.56. The summed E-state index contributed by atoms with van der Waals surface area (Å²) in [7, 11) is 0. The van der Waals surface area contributed by atoms with Crippen molar-refractivity contribution < 1.29 is 0 Å². The van der Waals surface area contributed by atoms with Gasteiger partial charge in [-0.2, -0.15) is 0 Å². The molecule has 0 aromatic heterocycles. The van der Waals surface area contributed by atoms with Crippen molar-refractivity contribution in [1.29, 1.82) is 0 Å². The van der Waals surface area contributed by atoms with E-state index in [0.29, 0.717) is 14.9 Å². The molecule has 0 heterocycles. The average Bonchev–Trinajstić information content (AvgIpc) is 2.42. The summed E-state index contributed by atoms with van der Waals surface area (Å²) >= 11 is 15.7. The van der Waals surface area contributed by atoms with Crippen LogP contribution in [0.25, 0.3) is 0 Å². The minimum absolute atomic E-state index is 0.537. The molecule has 0 saturated heterocycles. The number of rotatable bonds is 10. The van der Waals surface area contributed by atoms with E-state index in [0.717, 1.165) is 6.42 Å². The molecule has 0 amide bonds. The fraction of sp³-hybridized carbons (Fsp3) is 0.647. The van der Waals surface area contributed by atoms with Crippen LogP contribution < -0.4 is 0 Å². The smallest absolute Gasteiger partial charge is 0.0595 e. The van der Waals surface area contributed by atoms with E-state index in [9.17, 15) is 0 Å². The molecular weight excluding hydrogens is 355 g/mol. The second-order valence-corrected chi connectivity index (χ2v) is 7.57. The normalized spacial score (nSPS) is 12.6. The minimum Gasteiger partial charge on any atom is -0.0887 e. The molecule has 1 rings (SSSR count). The summed E-state index contributed by atoms with van der Waals surface area (Å²) in [5.41, 5.74) is 1.25. The molecule has 0 saturated carbocycles. The van der Waals surface area contributed by atoms with E-state index < -0.39 is 0 Å². The van der Waals surface area contributed by atoms with Crippen LogP contribution in [0, 0.1) is 0 Å². The maximum atomic E-state index is 6.04. The number of hydrogen-bond donors (Lipinski definition) is 0. The molecule has 0 spiro atoms. The highest BCUT2D eigenvalue weighted by molar-refractivity contribution is 9.09. The van der Waals surface area contributed by atoms with Crippen molar-refractivity contribution in [3.05, 3.63) is 33.8 Å². The van der Waals surface area contributed by atoms with E-state index in [-0.39, 0.29) is 0 Å². The Morgan fingerprint density at radius 1 is 0.950 bits per heavy atom. The summed E-state index contributed by atoms with van der Waals surface area (Å²) in [4.78, 5) is 0.537. The Bertz CT molecular complexity index is 379. The molecular formula is C17H25BrCl2. The zero-order chi connectivity index (χ0) is 14.8. The lowest BCUT2D eigenvalue weighted by Crippen LogP contribution is -2.02. The van der Waals surface area contributed by atoms with Gasteiger partial charge in [-0.3, -0.25) is 0 Å². The Morgan fingerprint density at radius 3 is 2.25 bits per heavy atom. The van der Waals surface area contributed by atoms with Gasteiger partial charge in [-0.25, -0.2) is 0 Å². The Labute approximate surface area is 142 Å². The van der Waals surface area contributed by atoms with Gasteiger partial charge >= 0.3 is 0 Å². The predicted octanol–water partition coefficient (Wildman–Crippen LogP) is 7.44. The van der Waals surface area contributed by atoms with Crippen LogP contribution in [0.2, 0.25) is 10.0 Å². The zero-order valence-electron chi connectivity index (χ0n) is 12.3. The van der Waals surface area contributed by atoms with E-state index in [1.54, 1.807) is 0 Å². The molecule has 3 heteroatoms. The maximum Gasteiger partial charge on any atom is 0.0595 e. The van der Waals surface area contributed by atoms with Crippen LogP contribution in [0.15, 0.2) is 18.2 Å². The largest absolute Gasteiger partial charge is 0.0887 e. The van der Waals surface area contributed by atoms with Crippen LogP contribution in [0.1, 0.15) is 63.9 Å². The second-order valence-electron chi connectivity index (χ2n) is 5.46. The number of halogens is 3. The first-order chi connectivity index (χ1) is 9.63. The van der Waals surface area contributed by atoms with Crippen molar-refractivity contribution in [2.75, 3.05) is 0 Å². The number of unbranched alkanes of at least 4 members (excludes halogenated alkanes) is 6. The van der Waals surface area contributed by atoms with Crippen LogP contribution in [-0.4, -0.2) is 4.83 Å². The molecule has 0 aliphatic heterocycles. The van der Waals surface area contributed by atoms with Gasteiger partial charge in [0.2, 0.25) is 0 Å². The molecule has 1 unspecified atom stereocenters. The first kappa shape index (κ1) is 18.3. The minimum atomic E-state index is 0.537. The van der Waals surface area contributed by atoms with Gasteiger partial charge < -0.3 is 0 Å². The third-order valence-corrected chi connectivity index (χ3v) is 5.08. The second kappa shape index (κ2) is 10.9. The van der Waals surface area contributed by atoms with E-state index in [4.69, 9.17) is 23.2 Å². The van der Waals surface area contributed by atoms with E-state index in [1.165, 1.54) is 56.9 Å². The Kier molecular flexibility index (Phi) is 10.0. The lowest BCUT2D eigenvalue weighted by Gasteiger charge is -2.10. The molecule has 114 valence electrons. The molecule has 1 aromatic carbocycles. The van der Waals surface area contributed by atoms with Gasteiger partial charge in [-0.1, -0.05) is 97.1 Å². The molecule has 1 atom stereocenters. The summed E-state index contributed by atoms with van der Waals surface area (Å²) in [6.07, 6.45) is 11.8. The molecule has 1 aromatic rings. The molecule has 0 N–H and O–H groups in total. The molecule has 0 fully saturated rings. The van der Waals surface area contributed by atoms with E-state index in [1.807, 2.05) is 12.1 Å². The Hall–Kier alpha value is 0.280. The van der Waals surface area contributed by atoms with E-state index in [2.05, 4.69) is 28.9 Å². The Balaban J connectivity index is 2.13. The van der Waals surface area contributed by atoms with Gasteiger partial charge in [0, 0.05) is 4.83 Å². The van der Waals surface area contributed by atoms with Gasteiger partial charge in [0.25, 0.3) is 0 Å². The van der Waals surface area contributed by atoms with Crippen LogP contribution >= 0.6 is 39.1 Å². The molecule has 20 heavy (non-hydrogen) atoms. The predicted molar refractivity (Wildman–Crippen MR) is 95.5 cm³/mol. The maximum absolute atomic E-state index is 6.04. The SMILES string of the molecule is CCCCCCCCCC(Br)Cc1ccc(Cl)c(Cl)c1. The van der Waals surface area contributed by atoms with Gasteiger partial charge in [0.1, 0.15) is 0 Å². The summed E-state index contributed by atoms with van der Waals surface area (Å²) < 4.78 is 0. The van der Waals surface area contributed by atoms with Crippen LogP contribution in [-0.2, 0) is 6.42 Å². The van der Waals surface area contributed by atoms with Crippen molar-refractivity contribution >= 4 is 39.1 Å². The molecule has 0 aliphatic rings. The first-order valence-corrected chi connectivity index (χ1v) is 9.38. The fourth-order valence-corrected chi connectivity index (χ4v) is 3.37. The summed E-state index contributed by atoms with van der Waals surface area (Å²) in [5.74, 6) is 0. The number of benzene rings is 1. The molecule has 0 radical (unpaired) electrons. The number of alkyl halides is 1. The highest BCUT2D eigenvalue weighted by Gasteiger charge is 2.07. The monoisotopic (exact) mass is 378 g/mol. The van der Waals surface area contributed by atoms with Crippen molar-refractivity contribution in [3.63, 3.8) is 0 Å². The highest BCUT2D eigenvalue weighted by atomic mass is 79.9. The molecule has 0 bridgehead atoms. The molecule has 0 nitrogen and oxygen atoms in total. The van der Waals surface area contributed by atoms with Gasteiger partial charge in [0.05, 0.1) is 10.0 Å². The quantitative estimate of drug-likeness (QED) is 0.292. The van der Waals surface area contributed by atoms with Crippen LogP contribution in [0.3, 0.4) is 0 Å². The van der Waals surface area contributed by atoms with Gasteiger partial charge in [-0.05, 0) is 30.5 Å². The van der Waals surface area contributed by atoms with E-state index >= 15 is 0 Å². The topological polar surface area (TPSA) is 0 Å². The highest BCUT2D eigenvalue weighted by Crippen LogP contribution is 2.25. The summed E-state index contributed by atoms with van der Waals surface area (Å²) in [5, 5.41) is 1.29. The van der Waals surface area contributed by atoms with Crippen LogP contribution in [0.4, 0.5) is 0 Å². The summed E-state index contributed by atoms with van der Waals surface area (Å²) in [6.45, 7) is 2.26. The van der Waals surface area contributed by atoms with Crippen LogP contribution in [0.5, 0.6) is 0 Å². The van der Waals surface area contributed by atoms with Crippen molar-refractivity contribution in [3.8, 4) is 0 Å². The lowest BCUT2D eigenvalue weighted by atomic mass is 10.0. The standard InChI is InChI=1S/C17H25BrCl2/c1-2-3-4-5-6-7-8-9-15(18)12-14-10-11-16(19)17(20)13-14/h10-11,13,15H,2-9,12H2,1H3. The number of hydrogen-bond acceptors (Lipinski definition) is 0. The first-order valence-electron chi connectivity index (χ1n) is 7.71. The average molecular weight is 380 g/mol.